The molecule has 2 heterocycles. The highest BCUT2D eigenvalue weighted by Crippen LogP contribution is 1.97. The van der Waals surface area contributed by atoms with E-state index in [1.807, 2.05) is 10.3 Å². The van der Waals surface area contributed by atoms with E-state index in [-0.39, 0.29) is 18.7 Å². The summed E-state index contributed by atoms with van der Waals surface area (Å²) in [5.41, 5.74) is -1.39. The highest BCUT2D eigenvalue weighted by atomic mass is 16.5. The summed E-state index contributed by atoms with van der Waals surface area (Å²) >= 11 is 0. The maximum absolute atomic E-state index is 11.9. The van der Waals surface area contributed by atoms with Crippen LogP contribution in [0.5, 0.6) is 0 Å². The van der Waals surface area contributed by atoms with E-state index >= 15 is 0 Å². The lowest BCUT2D eigenvalue weighted by Gasteiger charge is -2.07. The summed E-state index contributed by atoms with van der Waals surface area (Å²) in [7, 11) is 0. The van der Waals surface area contributed by atoms with Gasteiger partial charge in [0.25, 0.3) is 11.5 Å². The number of aromatic amines is 1. The van der Waals surface area contributed by atoms with Crippen LogP contribution in [-0.2, 0) is 11.3 Å². The zero-order chi connectivity index (χ0) is 16.8. The van der Waals surface area contributed by atoms with Crippen LogP contribution in [0, 0.1) is 0 Å². The van der Waals surface area contributed by atoms with Crippen molar-refractivity contribution in [3.8, 4) is 0 Å². The van der Waals surface area contributed by atoms with Crippen molar-refractivity contribution >= 4 is 12.0 Å². The van der Waals surface area contributed by atoms with Crippen LogP contribution in [0.3, 0.4) is 0 Å². The monoisotopic (exact) mass is 318 g/mol. The number of carbonyl (C=O) groups is 2. The highest BCUT2D eigenvalue weighted by molar-refractivity contribution is 6.02. The van der Waals surface area contributed by atoms with Crippen molar-refractivity contribution in [3.63, 3.8) is 0 Å². The number of rotatable bonds is 4. The molecule has 0 aliphatic carbocycles. The molecule has 0 spiro atoms. The van der Waals surface area contributed by atoms with Crippen LogP contribution in [0.15, 0.2) is 40.2 Å². The van der Waals surface area contributed by atoms with Crippen molar-refractivity contribution in [1.82, 2.24) is 19.9 Å². The summed E-state index contributed by atoms with van der Waals surface area (Å²) < 4.78 is 5.68. The number of hydrogen-bond acceptors (Lipinski definition) is 6. The van der Waals surface area contributed by atoms with Gasteiger partial charge in [-0.2, -0.15) is 0 Å². The molecule has 0 aromatic carbocycles. The Morgan fingerprint density at radius 1 is 1.35 bits per heavy atom. The fourth-order valence-corrected chi connectivity index (χ4v) is 1.78. The second-order valence-corrected chi connectivity index (χ2v) is 4.43. The largest absolute Gasteiger partial charge is 0.450 e. The van der Waals surface area contributed by atoms with Crippen LogP contribution < -0.4 is 16.6 Å². The van der Waals surface area contributed by atoms with E-state index in [0.29, 0.717) is 5.69 Å². The first-order valence-electron chi connectivity index (χ1n) is 6.73. The average molecular weight is 318 g/mol. The molecule has 9 nitrogen and oxygen atoms in total. The van der Waals surface area contributed by atoms with Crippen molar-refractivity contribution in [2.75, 3.05) is 6.61 Å². The lowest BCUT2D eigenvalue weighted by atomic mass is 10.3. The molecular weight excluding hydrogens is 304 g/mol. The summed E-state index contributed by atoms with van der Waals surface area (Å²) in [6.07, 6.45) is 1.66. The molecule has 2 amide bonds. The lowest BCUT2D eigenvalue weighted by molar-refractivity contribution is 0.0922. The quantitative estimate of drug-likeness (QED) is 0.809. The molecule has 0 saturated carbocycles. The number of amides is 2. The Labute approximate surface area is 129 Å². The molecular formula is C14H14N4O5. The number of nitrogens with one attached hydrogen (secondary N) is 2. The SMILES string of the molecule is CCOC(=O)NC(=O)c1cn(Cc2ccccn2)c(=O)[nH]c1=O. The first-order chi connectivity index (χ1) is 11.0. The molecule has 2 aromatic rings. The molecule has 9 heteroatoms. The fraction of sp³-hybridized carbons (Fsp3) is 0.214. The molecule has 2 aromatic heterocycles. The van der Waals surface area contributed by atoms with Gasteiger partial charge in [0, 0.05) is 12.4 Å². The third kappa shape index (κ3) is 4.13. The number of nitrogens with zero attached hydrogens (tertiary/aromatic N) is 2. The Bertz CT molecular complexity index is 825. The Morgan fingerprint density at radius 2 is 2.13 bits per heavy atom. The minimum Gasteiger partial charge on any atom is -0.450 e. The third-order valence-electron chi connectivity index (χ3n) is 2.81. The maximum atomic E-state index is 11.9. The van der Waals surface area contributed by atoms with Crippen LogP contribution in [0.4, 0.5) is 4.79 Å². The number of H-pyrrole nitrogens is 1. The predicted molar refractivity (Wildman–Crippen MR) is 79.1 cm³/mol. The van der Waals surface area contributed by atoms with Crippen molar-refractivity contribution in [1.29, 1.82) is 0 Å². The topological polar surface area (TPSA) is 123 Å². The Morgan fingerprint density at radius 3 is 2.78 bits per heavy atom. The molecule has 2 N–H and O–H groups in total. The Hall–Kier alpha value is -3.23. The van der Waals surface area contributed by atoms with Crippen molar-refractivity contribution in [3.05, 3.63) is 62.7 Å². The second kappa shape index (κ2) is 7.16. The molecule has 0 aliphatic heterocycles. The molecule has 0 unspecified atom stereocenters. The van der Waals surface area contributed by atoms with E-state index < -0.39 is 23.2 Å². The predicted octanol–water partition coefficient (Wildman–Crippen LogP) is -0.134. The molecule has 0 aliphatic rings. The Kier molecular flexibility index (Phi) is 5.03. The number of imide groups is 1. The number of carbonyl (C=O) groups excluding carboxylic acids is 2. The van der Waals surface area contributed by atoms with E-state index in [1.165, 1.54) is 0 Å². The van der Waals surface area contributed by atoms with Gasteiger partial charge < -0.3 is 4.74 Å². The summed E-state index contributed by atoms with van der Waals surface area (Å²) in [6.45, 7) is 1.72. The molecule has 23 heavy (non-hydrogen) atoms. The number of pyridine rings is 1. The number of aromatic nitrogens is 3. The van der Waals surface area contributed by atoms with Gasteiger partial charge in [0.2, 0.25) is 0 Å². The summed E-state index contributed by atoms with van der Waals surface area (Å²) in [5.74, 6) is -0.959. The van der Waals surface area contributed by atoms with Gasteiger partial charge in [-0.25, -0.2) is 9.59 Å². The van der Waals surface area contributed by atoms with E-state index in [0.717, 1.165) is 10.8 Å². The number of hydrogen-bond donors (Lipinski definition) is 2. The first kappa shape index (κ1) is 16.1. The molecule has 0 saturated heterocycles. The number of ether oxygens (including phenoxy) is 1. The van der Waals surface area contributed by atoms with E-state index in [1.54, 1.807) is 31.3 Å². The summed E-state index contributed by atoms with van der Waals surface area (Å²) in [4.78, 5) is 52.8. The van der Waals surface area contributed by atoms with Gasteiger partial charge >= 0.3 is 11.8 Å². The summed E-state index contributed by atoms with van der Waals surface area (Å²) in [6, 6.07) is 5.15. The molecule has 0 fully saturated rings. The zero-order valence-electron chi connectivity index (χ0n) is 12.2. The van der Waals surface area contributed by atoms with Crippen LogP contribution >= 0.6 is 0 Å². The molecule has 0 bridgehead atoms. The minimum atomic E-state index is -0.973. The molecule has 2 rings (SSSR count). The Balaban J connectivity index is 2.29. The van der Waals surface area contributed by atoms with Crippen LogP contribution in [0.2, 0.25) is 0 Å². The lowest BCUT2D eigenvalue weighted by Crippen LogP contribution is -2.39. The zero-order valence-corrected chi connectivity index (χ0v) is 12.2. The maximum Gasteiger partial charge on any atom is 0.414 e. The smallest absolute Gasteiger partial charge is 0.414 e. The molecule has 0 radical (unpaired) electrons. The molecule has 0 atom stereocenters. The van der Waals surface area contributed by atoms with Gasteiger partial charge in [-0.15, -0.1) is 0 Å². The third-order valence-corrected chi connectivity index (χ3v) is 2.81. The van der Waals surface area contributed by atoms with Gasteiger partial charge in [0.05, 0.1) is 18.8 Å². The normalized spacial score (nSPS) is 10.1. The van der Waals surface area contributed by atoms with Crippen LogP contribution in [0.1, 0.15) is 23.0 Å². The first-order valence-corrected chi connectivity index (χ1v) is 6.73. The van der Waals surface area contributed by atoms with Crippen LogP contribution in [0.25, 0.3) is 0 Å². The van der Waals surface area contributed by atoms with Crippen molar-refractivity contribution < 1.29 is 14.3 Å². The molecule has 120 valence electrons. The van der Waals surface area contributed by atoms with E-state index in [9.17, 15) is 19.2 Å². The minimum absolute atomic E-state index is 0.0656. The van der Waals surface area contributed by atoms with Gasteiger partial charge in [-0.1, -0.05) is 6.07 Å². The van der Waals surface area contributed by atoms with Crippen molar-refractivity contribution in [2.24, 2.45) is 0 Å². The van der Waals surface area contributed by atoms with Crippen molar-refractivity contribution in [2.45, 2.75) is 13.5 Å². The highest BCUT2D eigenvalue weighted by Gasteiger charge is 2.16. The van der Waals surface area contributed by atoms with Gasteiger partial charge in [0.1, 0.15) is 5.56 Å². The average Bonchev–Trinajstić information content (AvgIpc) is 2.51. The second-order valence-electron chi connectivity index (χ2n) is 4.43. The van der Waals surface area contributed by atoms with Gasteiger partial charge in [0.15, 0.2) is 0 Å². The van der Waals surface area contributed by atoms with Gasteiger partial charge in [-0.05, 0) is 19.1 Å². The van der Waals surface area contributed by atoms with Crippen LogP contribution in [-0.4, -0.2) is 33.1 Å². The standard InChI is InChI=1S/C14H14N4O5/c1-2-23-14(22)17-12(20)10-8-18(13(21)16-11(10)19)7-9-5-3-4-6-15-9/h3-6,8H,2,7H2,1H3,(H,16,19,21)(H,17,20,22). The fourth-order valence-electron chi connectivity index (χ4n) is 1.78. The van der Waals surface area contributed by atoms with Gasteiger partial charge in [-0.3, -0.25) is 29.4 Å². The van der Waals surface area contributed by atoms with E-state index in [4.69, 9.17) is 0 Å². The number of alkyl carbamates (subject to hydrolysis) is 1. The van der Waals surface area contributed by atoms with E-state index in [2.05, 4.69) is 9.72 Å². The summed E-state index contributed by atoms with van der Waals surface area (Å²) in [5, 5.41) is 1.90.